The highest BCUT2D eigenvalue weighted by Crippen LogP contribution is 2.38. The maximum atomic E-state index is 14.7. The van der Waals surface area contributed by atoms with E-state index in [9.17, 15) is 22.4 Å². The number of aromatic nitrogens is 2. The lowest BCUT2D eigenvalue weighted by molar-refractivity contribution is -0.140. The van der Waals surface area contributed by atoms with E-state index in [0.717, 1.165) is 17.0 Å². The Morgan fingerprint density at radius 3 is 2.75 bits per heavy atom. The Balaban J connectivity index is 1.65. The number of carbonyl (C=O) groups is 1. The van der Waals surface area contributed by atoms with Crippen molar-refractivity contribution in [3.8, 4) is 11.5 Å². The van der Waals surface area contributed by atoms with Gasteiger partial charge in [0.25, 0.3) is 0 Å². The molecule has 1 amide bonds. The van der Waals surface area contributed by atoms with Gasteiger partial charge in [0.15, 0.2) is 17.3 Å². The minimum atomic E-state index is -4.88. The summed E-state index contributed by atoms with van der Waals surface area (Å²) in [4.78, 5) is 23.6. The van der Waals surface area contributed by atoms with Crippen LogP contribution in [0.15, 0.2) is 36.7 Å². The number of rotatable bonds is 6. The lowest BCUT2D eigenvalue weighted by atomic mass is 10.1. The Morgan fingerprint density at radius 2 is 2.06 bits per heavy atom. The van der Waals surface area contributed by atoms with Gasteiger partial charge < -0.3 is 19.7 Å². The van der Waals surface area contributed by atoms with Gasteiger partial charge in [0.1, 0.15) is 18.2 Å². The fourth-order valence-electron chi connectivity index (χ4n) is 3.98. The van der Waals surface area contributed by atoms with Crippen molar-refractivity contribution in [2.45, 2.75) is 24.7 Å². The van der Waals surface area contributed by atoms with Crippen LogP contribution >= 0.6 is 0 Å². The maximum absolute atomic E-state index is 14.7. The number of hydrogen-bond acceptors (Lipinski definition) is 7. The Labute approximate surface area is 209 Å². The molecule has 36 heavy (non-hydrogen) atoms. The quantitative estimate of drug-likeness (QED) is 0.501. The molecule has 8 nitrogen and oxygen atoms in total. The van der Waals surface area contributed by atoms with Crippen molar-refractivity contribution in [1.29, 1.82) is 0 Å². The molecule has 0 bridgehead atoms. The molecule has 0 unspecified atom stereocenters. The molecule has 12 heteroatoms. The second-order valence-electron chi connectivity index (χ2n) is 8.17. The molecule has 1 aliphatic heterocycles. The molecule has 3 aromatic rings. The Hall–Kier alpha value is -3.67. The van der Waals surface area contributed by atoms with Gasteiger partial charge in [-0.05, 0) is 25.2 Å². The molecule has 0 aliphatic carbocycles. The number of methoxy groups -OCH3 is 1. The summed E-state index contributed by atoms with van der Waals surface area (Å²) in [5.41, 5.74) is -1.51. The van der Waals surface area contributed by atoms with Gasteiger partial charge in [-0.1, -0.05) is 6.07 Å². The molecule has 2 aromatic carbocycles. The van der Waals surface area contributed by atoms with E-state index in [1.165, 1.54) is 25.6 Å². The molecule has 1 N–H and O–H groups in total. The number of likely N-dealkylation sites (N-methyl/N-ethyl adjacent to an activating group) is 2. The topological polar surface area (TPSA) is 79.8 Å². The lowest BCUT2D eigenvalue weighted by Gasteiger charge is -2.21. The smallest absolute Gasteiger partial charge is 0.419 e. The first-order valence-corrected chi connectivity index (χ1v) is 10.6. The highest BCUT2D eigenvalue weighted by Gasteiger charge is 2.37. The van der Waals surface area contributed by atoms with Crippen molar-refractivity contribution < 1.29 is 35.9 Å². The van der Waals surface area contributed by atoms with Gasteiger partial charge >= 0.3 is 6.18 Å². The number of anilines is 2. The van der Waals surface area contributed by atoms with E-state index in [1.807, 2.05) is 0 Å². The highest BCUT2D eigenvalue weighted by molar-refractivity contribution is 5.93. The fraction of sp³-hybridized carbons (Fsp3) is 0.375. The summed E-state index contributed by atoms with van der Waals surface area (Å²) in [5.74, 6) is -1.39. The van der Waals surface area contributed by atoms with Crippen LogP contribution in [0, 0.1) is 5.82 Å². The van der Waals surface area contributed by atoms with Crippen molar-refractivity contribution in [2.24, 2.45) is 0 Å². The summed E-state index contributed by atoms with van der Waals surface area (Å²) < 4.78 is 88.5. The van der Waals surface area contributed by atoms with Crippen molar-refractivity contribution >= 4 is 28.3 Å². The predicted octanol–water partition coefficient (Wildman–Crippen LogP) is 4.08. The molecule has 1 aromatic heterocycles. The summed E-state index contributed by atoms with van der Waals surface area (Å²) in [6.45, 7) is 0.219. The maximum Gasteiger partial charge on any atom is 0.419 e. The zero-order valence-corrected chi connectivity index (χ0v) is 19.2. The van der Waals surface area contributed by atoms with Crippen LogP contribution in [0.2, 0.25) is 0 Å². The first kappa shape index (κ1) is 21.6. The van der Waals surface area contributed by atoms with Gasteiger partial charge in [0.05, 0.1) is 29.9 Å². The monoisotopic (exact) mass is 510 g/mol. The third kappa shape index (κ3) is 4.99. The molecular formula is C24H25F4N5O3. The van der Waals surface area contributed by atoms with Crippen LogP contribution in [0.3, 0.4) is 0 Å². The van der Waals surface area contributed by atoms with Gasteiger partial charge in [0.2, 0.25) is 5.91 Å². The standard InChI is InChI=1S/C24H25F4N5O3/c1-32(2)23(34)18-8-13(11-33(18)3)36-20-9-14-17(10-19(20)35-4)29-12-30-22(14)31-16-7-5-6-15(21(16)25)24(26,27)28/h5-7,9-10,12-13,18H,8,11H2,1-4H3,(H,29,30,31)/t13-,18-/m0/s1/i1D,2D,3D. The zero-order valence-electron chi connectivity index (χ0n) is 22.2. The third-order valence-electron chi connectivity index (χ3n) is 5.73. The second kappa shape index (κ2) is 9.76. The molecule has 2 heterocycles. The molecule has 192 valence electrons. The van der Waals surface area contributed by atoms with Gasteiger partial charge in [0, 0.05) is 42.6 Å². The number of nitrogens with one attached hydrogen (secondary N) is 1. The molecule has 0 spiro atoms. The van der Waals surface area contributed by atoms with Crippen LogP contribution in [-0.4, -0.2) is 72.5 Å². The lowest BCUT2D eigenvalue weighted by Crippen LogP contribution is -2.40. The van der Waals surface area contributed by atoms with Crippen LogP contribution in [-0.2, 0) is 11.0 Å². The van der Waals surface area contributed by atoms with E-state index in [-0.39, 0.29) is 51.4 Å². The number of amides is 1. The molecule has 1 fully saturated rings. The highest BCUT2D eigenvalue weighted by atomic mass is 19.4. The van der Waals surface area contributed by atoms with E-state index in [4.69, 9.17) is 13.6 Å². The van der Waals surface area contributed by atoms with Gasteiger partial charge in [-0.15, -0.1) is 0 Å². The van der Waals surface area contributed by atoms with E-state index in [2.05, 4.69) is 15.3 Å². The summed E-state index contributed by atoms with van der Waals surface area (Å²) in [6, 6.07) is 5.17. The first-order chi connectivity index (χ1) is 18.6. The van der Waals surface area contributed by atoms with E-state index < -0.39 is 41.3 Å². The zero-order chi connectivity index (χ0) is 28.3. The minimum Gasteiger partial charge on any atom is -0.493 e. The van der Waals surface area contributed by atoms with E-state index >= 15 is 0 Å². The van der Waals surface area contributed by atoms with E-state index in [1.54, 1.807) is 4.90 Å². The Kier molecular flexibility index (Phi) is 5.86. The Bertz CT molecular complexity index is 1350. The number of likely N-dealkylation sites (tertiary alicyclic amines) is 1. The summed E-state index contributed by atoms with van der Waals surface area (Å²) in [6.07, 6.45) is -4.08. The third-order valence-corrected chi connectivity index (χ3v) is 5.73. The molecule has 2 atom stereocenters. The number of carbonyl (C=O) groups excluding carboxylic acids is 1. The average molecular weight is 511 g/mol. The molecular weight excluding hydrogens is 482 g/mol. The molecule has 0 saturated carbocycles. The van der Waals surface area contributed by atoms with Gasteiger partial charge in [-0.3, -0.25) is 9.69 Å². The van der Waals surface area contributed by atoms with Crippen LogP contribution in [0.5, 0.6) is 11.5 Å². The molecule has 4 rings (SSSR count). The number of halogens is 4. The number of nitrogens with zero attached hydrogens (tertiary/aromatic N) is 4. The van der Waals surface area contributed by atoms with Crippen molar-refractivity contribution in [2.75, 3.05) is 40.0 Å². The molecule has 1 aliphatic rings. The number of ether oxygens (including phenoxy) is 2. The average Bonchev–Trinajstić information content (AvgIpc) is 3.32. The van der Waals surface area contributed by atoms with Crippen LogP contribution < -0.4 is 14.8 Å². The number of hydrogen-bond donors (Lipinski definition) is 1. The Morgan fingerprint density at radius 1 is 1.25 bits per heavy atom. The second-order valence-corrected chi connectivity index (χ2v) is 8.17. The summed E-state index contributed by atoms with van der Waals surface area (Å²) in [5, 5.41) is 2.92. The number of alkyl halides is 3. The van der Waals surface area contributed by atoms with Crippen molar-refractivity contribution in [1.82, 2.24) is 19.8 Å². The number of benzene rings is 2. The molecule has 0 radical (unpaired) electrons. The summed E-state index contributed by atoms with van der Waals surface area (Å²) in [7, 11) is 0.456. The van der Waals surface area contributed by atoms with Crippen molar-refractivity contribution in [3.05, 3.63) is 48.0 Å². The van der Waals surface area contributed by atoms with Crippen molar-refractivity contribution in [3.63, 3.8) is 0 Å². The largest absolute Gasteiger partial charge is 0.493 e. The van der Waals surface area contributed by atoms with Gasteiger partial charge in [-0.25, -0.2) is 14.4 Å². The summed E-state index contributed by atoms with van der Waals surface area (Å²) >= 11 is 0. The van der Waals surface area contributed by atoms with Crippen LogP contribution in [0.25, 0.3) is 10.9 Å². The molecule has 1 saturated heterocycles. The first-order valence-electron chi connectivity index (χ1n) is 12.8. The van der Waals surface area contributed by atoms with Crippen LogP contribution in [0.4, 0.5) is 29.1 Å². The normalized spacial score (nSPS) is 19.4. The van der Waals surface area contributed by atoms with E-state index in [0.29, 0.717) is 17.0 Å². The van der Waals surface area contributed by atoms with Gasteiger partial charge in [-0.2, -0.15) is 13.2 Å². The minimum absolute atomic E-state index is 0.0273. The SMILES string of the molecule is [2H]CN(C[2H])C(=O)[C@@H]1C[C@H](Oc2cc3c(Nc4cccc(C(F)(F)F)c4F)ncnc3cc2OC)CN1C[2H]. The fourth-order valence-corrected chi connectivity index (χ4v) is 3.98. The number of fused-ring (bicyclic) bond motifs is 1. The predicted molar refractivity (Wildman–Crippen MR) is 125 cm³/mol. The van der Waals surface area contributed by atoms with Crippen LogP contribution in [0.1, 0.15) is 16.1 Å².